The molecule has 0 radical (unpaired) electrons. The Morgan fingerprint density at radius 1 is 1.06 bits per heavy atom. The molecular weight excluding hydrogens is 404 g/mol. The molecule has 2 fully saturated rings. The lowest BCUT2D eigenvalue weighted by molar-refractivity contribution is -0.133. The highest BCUT2D eigenvalue weighted by Gasteiger charge is 2.29. The largest absolute Gasteiger partial charge is 0.368 e. The van der Waals surface area contributed by atoms with Crippen molar-refractivity contribution in [1.29, 1.82) is 0 Å². The summed E-state index contributed by atoms with van der Waals surface area (Å²) < 4.78 is 0. The maximum atomic E-state index is 13.1. The lowest BCUT2D eigenvalue weighted by atomic mass is 9.89. The highest BCUT2D eigenvalue weighted by molar-refractivity contribution is 5.94. The molecule has 1 atom stereocenters. The van der Waals surface area contributed by atoms with Gasteiger partial charge in [0.1, 0.15) is 0 Å². The molecule has 2 aliphatic rings. The minimum absolute atomic E-state index is 0.0642. The van der Waals surface area contributed by atoms with Gasteiger partial charge in [-0.2, -0.15) is 0 Å². The van der Waals surface area contributed by atoms with Crippen molar-refractivity contribution in [3.8, 4) is 11.1 Å². The average Bonchev–Trinajstić information content (AvgIpc) is 3.08. The van der Waals surface area contributed by atoms with E-state index in [0.717, 1.165) is 49.3 Å². The van der Waals surface area contributed by atoms with Gasteiger partial charge in [0.25, 0.3) is 0 Å². The number of nitrogens with two attached hydrogens (primary N) is 2. The number of piperidine rings is 1. The fourth-order valence-corrected chi connectivity index (χ4v) is 4.80. The number of nitrogen functional groups attached to an aromatic ring is 1. The lowest BCUT2D eigenvalue weighted by Gasteiger charge is -2.34. The Bertz CT molecular complexity index is 971. The van der Waals surface area contributed by atoms with Crippen molar-refractivity contribution in [3.63, 3.8) is 0 Å². The first-order chi connectivity index (χ1) is 15.5. The minimum Gasteiger partial charge on any atom is -0.368 e. The molecule has 0 aliphatic carbocycles. The first kappa shape index (κ1) is 22.2. The van der Waals surface area contributed by atoms with Crippen molar-refractivity contribution in [2.75, 3.05) is 38.5 Å². The van der Waals surface area contributed by atoms with Crippen LogP contribution in [-0.2, 0) is 4.79 Å². The third-order valence-corrected chi connectivity index (χ3v) is 6.51. The van der Waals surface area contributed by atoms with Crippen LogP contribution in [0, 0.1) is 0 Å². The highest BCUT2D eigenvalue weighted by Crippen LogP contribution is 2.33. The SMILES string of the molecule is NC(=O)c1cccc(-c2cnc(N)nc2[C@@H]2CCCN(C(=O)CN3CCCCCC3)C2)c1. The molecule has 0 bridgehead atoms. The van der Waals surface area contributed by atoms with Crippen molar-refractivity contribution in [3.05, 3.63) is 41.7 Å². The standard InChI is InChI=1S/C24H32N6O2/c25-23(32)18-8-5-7-17(13-18)20-14-27-24(26)28-22(20)19-9-6-12-30(15-19)21(31)16-29-10-3-1-2-4-11-29/h5,7-8,13-14,19H,1-4,6,9-12,15-16H2,(H2,25,32)(H2,26,27,28)/t19-/m1/s1. The normalized spacial score (nSPS) is 20.0. The summed E-state index contributed by atoms with van der Waals surface area (Å²) in [6.07, 6.45) is 8.40. The zero-order valence-corrected chi connectivity index (χ0v) is 18.5. The summed E-state index contributed by atoms with van der Waals surface area (Å²) in [5.74, 6) is -0.0131. The number of amides is 2. The van der Waals surface area contributed by atoms with Crippen LogP contribution in [-0.4, -0.2) is 64.3 Å². The molecule has 2 aliphatic heterocycles. The quantitative estimate of drug-likeness (QED) is 0.743. The number of benzene rings is 1. The number of carbonyl (C=O) groups excluding carboxylic acids is 2. The Kier molecular flexibility index (Phi) is 6.99. The molecule has 0 saturated carbocycles. The van der Waals surface area contributed by atoms with Crippen LogP contribution in [0.1, 0.15) is 60.5 Å². The van der Waals surface area contributed by atoms with Gasteiger partial charge < -0.3 is 16.4 Å². The van der Waals surface area contributed by atoms with E-state index in [2.05, 4.69) is 14.9 Å². The molecule has 1 aromatic carbocycles. The summed E-state index contributed by atoms with van der Waals surface area (Å²) in [6, 6.07) is 7.16. The van der Waals surface area contributed by atoms with Gasteiger partial charge >= 0.3 is 0 Å². The number of hydrogen-bond donors (Lipinski definition) is 2. The smallest absolute Gasteiger partial charge is 0.248 e. The average molecular weight is 437 g/mol. The third-order valence-electron chi connectivity index (χ3n) is 6.51. The first-order valence-corrected chi connectivity index (χ1v) is 11.5. The van der Waals surface area contributed by atoms with Gasteiger partial charge in [0, 0.05) is 36.3 Å². The predicted molar refractivity (Wildman–Crippen MR) is 124 cm³/mol. The Morgan fingerprint density at radius 3 is 2.59 bits per heavy atom. The van der Waals surface area contributed by atoms with Gasteiger partial charge in [-0.15, -0.1) is 0 Å². The van der Waals surface area contributed by atoms with Gasteiger partial charge in [0.15, 0.2) is 0 Å². The van der Waals surface area contributed by atoms with Crippen LogP contribution in [0.15, 0.2) is 30.5 Å². The summed E-state index contributed by atoms with van der Waals surface area (Å²) in [5.41, 5.74) is 14.3. The number of carbonyl (C=O) groups is 2. The number of nitrogens with zero attached hydrogens (tertiary/aromatic N) is 4. The monoisotopic (exact) mass is 436 g/mol. The predicted octanol–water partition coefficient (Wildman–Crippen LogP) is 2.41. The Balaban J connectivity index is 1.54. The van der Waals surface area contributed by atoms with Crippen molar-refractivity contribution in [1.82, 2.24) is 19.8 Å². The van der Waals surface area contributed by atoms with Crippen LogP contribution < -0.4 is 11.5 Å². The lowest BCUT2D eigenvalue weighted by Crippen LogP contribution is -2.45. The number of aromatic nitrogens is 2. The summed E-state index contributed by atoms with van der Waals surface area (Å²) in [6.45, 7) is 3.89. The third kappa shape index (κ3) is 5.24. The van der Waals surface area contributed by atoms with Crippen LogP contribution in [0.5, 0.6) is 0 Å². The first-order valence-electron chi connectivity index (χ1n) is 11.5. The van der Waals surface area contributed by atoms with E-state index < -0.39 is 5.91 Å². The zero-order valence-electron chi connectivity index (χ0n) is 18.5. The van der Waals surface area contributed by atoms with Crippen molar-refractivity contribution >= 4 is 17.8 Å². The number of rotatable bonds is 5. The van der Waals surface area contributed by atoms with E-state index in [1.165, 1.54) is 25.7 Å². The number of likely N-dealkylation sites (tertiary alicyclic amines) is 2. The summed E-state index contributed by atoms with van der Waals surface area (Å²) in [7, 11) is 0. The van der Waals surface area contributed by atoms with E-state index >= 15 is 0 Å². The van der Waals surface area contributed by atoms with Crippen molar-refractivity contribution in [2.24, 2.45) is 5.73 Å². The van der Waals surface area contributed by atoms with Gasteiger partial charge in [-0.25, -0.2) is 9.97 Å². The molecule has 170 valence electrons. The maximum Gasteiger partial charge on any atom is 0.248 e. The summed E-state index contributed by atoms with van der Waals surface area (Å²) in [5, 5.41) is 0. The van der Waals surface area contributed by atoms with Gasteiger partial charge in [0.2, 0.25) is 17.8 Å². The Hall–Kier alpha value is -3.00. The second kappa shape index (κ2) is 10.1. The molecule has 2 saturated heterocycles. The molecule has 4 N–H and O–H groups in total. The molecule has 4 rings (SSSR count). The fraction of sp³-hybridized carbons (Fsp3) is 0.500. The van der Waals surface area contributed by atoms with E-state index in [1.807, 2.05) is 11.0 Å². The summed E-state index contributed by atoms with van der Waals surface area (Å²) in [4.78, 5) is 37.8. The molecule has 8 heteroatoms. The molecule has 32 heavy (non-hydrogen) atoms. The van der Waals surface area contributed by atoms with Crippen molar-refractivity contribution in [2.45, 2.75) is 44.4 Å². The van der Waals surface area contributed by atoms with E-state index in [-0.39, 0.29) is 17.8 Å². The van der Waals surface area contributed by atoms with Crippen molar-refractivity contribution < 1.29 is 9.59 Å². The van der Waals surface area contributed by atoms with E-state index in [4.69, 9.17) is 11.5 Å². The molecule has 2 aromatic rings. The molecule has 2 amide bonds. The number of primary amides is 1. The molecule has 0 unspecified atom stereocenters. The van der Waals surface area contributed by atoms with Crippen LogP contribution in [0.25, 0.3) is 11.1 Å². The van der Waals surface area contributed by atoms with Crippen LogP contribution in [0.2, 0.25) is 0 Å². The van der Waals surface area contributed by atoms with Gasteiger partial charge in [-0.05, 0) is 56.5 Å². The Labute approximate surface area is 189 Å². The topological polar surface area (TPSA) is 118 Å². The van der Waals surface area contributed by atoms with Crippen LogP contribution in [0.3, 0.4) is 0 Å². The highest BCUT2D eigenvalue weighted by atomic mass is 16.2. The number of hydrogen-bond acceptors (Lipinski definition) is 6. The van der Waals surface area contributed by atoms with Gasteiger partial charge in [0.05, 0.1) is 12.2 Å². The molecule has 3 heterocycles. The van der Waals surface area contributed by atoms with E-state index in [0.29, 0.717) is 18.7 Å². The van der Waals surface area contributed by atoms with E-state index in [9.17, 15) is 9.59 Å². The molecule has 1 aromatic heterocycles. The second-order valence-corrected chi connectivity index (χ2v) is 8.84. The number of anilines is 1. The maximum absolute atomic E-state index is 13.1. The molecule has 0 spiro atoms. The Morgan fingerprint density at radius 2 is 1.84 bits per heavy atom. The van der Waals surface area contributed by atoms with E-state index in [1.54, 1.807) is 24.4 Å². The summed E-state index contributed by atoms with van der Waals surface area (Å²) >= 11 is 0. The van der Waals surface area contributed by atoms with Gasteiger partial charge in [-0.3, -0.25) is 14.5 Å². The van der Waals surface area contributed by atoms with Crippen LogP contribution >= 0.6 is 0 Å². The van der Waals surface area contributed by atoms with Gasteiger partial charge in [-0.1, -0.05) is 25.0 Å². The molecular formula is C24H32N6O2. The fourth-order valence-electron chi connectivity index (χ4n) is 4.80. The minimum atomic E-state index is -0.479. The second-order valence-electron chi connectivity index (χ2n) is 8.84. The zero-order chi connectivity index (χ0) is 22.5. The molecule has 8 nitrogen and oxygen atoms in total. The van der Waals surface area contributed by atoms with Crippen LogP contribution in [0.4, 0.5) is 5.95 Å².